The molecule has 5 atom stereocenters. The Bertz CT molecular complexity index is 1360. The number of imidazole rings is 1. The highest BCUT2D eigenvalue weighted by atomic mass is 35.5. The molecular weight excluding hydrogens is 480 g/mol. The number of hydrogen-bond acceptors (Lipinski definition) is 7. The summed E-state index contributed by atoms with van der Waals surface area (Å²) in [6.45, 7) is 2.31. The van der Waals surface area contributed by atoms with Gasteiger partial charge in [-0.05, 0) is 42.4 Å². The molecule has 2 bridgehead atoms. The fourth-order valence-corrected chi connectivity index (χ4v) is 6.21. The van der Waals surface area contributed by atoms with Crippen molar-refractivity contribution >= 4 is 34.4 Å². The number of pyridine rings is 1. The number of benzene rings is 1. The quantitative estimate of drug-likeness (QED) is 0.361. The second kappa shape index (κ2) is 9.06. The number of anilines is 1. The summed E-state index contributed by atoms with van der Waals surface area (Å²) in [5.74, 6) is 1.09. The van der Waals surface area contributed by atoms with Gasteiger partial charge in [-0.1, -0.05) is 29.8 Å². The van der Waals surface area contributed by atoms with Crippen LogP contribution in [0.25, 0.3) is 22.6 Å². The Balaban J connectivity index is 1.32. The van der Waals surface area contributed by atoms with Crippen molar-refractivity contribution in [1.82, 2.24) is 19.9 Å². The number of amides is 1. The van der Waals surface area contributed by atoms with Crippen LogP contribution in [0, 0.1) is 17.8 Å². The number of primary amides is 1. The molecule has 0 radical (unpaired) electrons. The maximum Gasteiger partial charge on any atom is 0.223 e. The molecule has 9 nitrogen and oxygen atoms in total. The van der Waals surface area contributed by atoms with Crippen molar-refractivity contribution in [1.29, 1.82) is 0 Å². The largest absolute Gasteiger partial charge is 0.496 e. The number of carbonyl (C=O) groups excluding carboxylic acids is 1. The van der Waals surface area contributed by atoms with E-state index in [1.807, 2.05) is 18.2 Å². The van der Waals surface area contributed by atoms with E-state index in [4.69, 9.17) is 27.1 Å². The number of β-amino-alcohol motifs (C(OH)–C–C–N with tert-alkyl or cyclic N) is 1. The normalized spacial score (nSPS) is 27.2. The number of likely N-dealkylation sites (tertiary alicyclic amines) is 1. The highest BCUT2D eigenvalue weighted by Crippen LogP contribution is 2.46. The number of aromatic nitrogens is 3. The number of nitrogens with two attached hydrogens (primary N) is 1. The lowest BCUT2D eigenvalue weighted by Crippen LogP contribution is -2.41. The van der Waals surface area contributed by atoms with Crippen molar-refractivity contribution in [3.05, 3.63) is 47.1 Å². The number of ether oxygens (including phenoxy) is 1. The van der Waals surface area contributed by atoms with Gasteiger partial charge in [-0.2, -0.15) is 0 Å². The predicted octanol–water partition coefficient (Wildman–Crippen LogP) is 2.94. The molecule has 188 valence electrons. The number of allylic oxidation sites excluding steroid dienone is 1. The van der Waals surface area contributed by atoms with Gasteiger partial charge in [0.1, 0.15) is 17.1 Å². The van der Waals surface area contributed by atoms with Crippen LogP contribution in [-0.4, -0.2) is 63.2 Å². The zero-order valence-electron chi connectivity index (χ0n) is 19.9. The maximum atomic E-state index is 12.2. The van der Waals surface area contributed by atoms with Crippen molar-refractivity contribution in [2.75, 3.05) is 25.5 Å². The van der Waals surface area contributed by atoms with E-state index < -0.39 is 0 Å². The average molecular weight is 509 g/mol. The van der Waals surface area contributed by atoms with Gasteiger partial charge in [-0.15, -0.1) is 0 Å². The molecule has 10 heteroatoms. The summed E-state index contributed by atoms with van der Waals surface area (Å²) in [5, 5.41) is 13.8. The van der Waals surface area contributed by atoms with Gasteiger partial charge in [-0.25, -0.2) is 9.97 Å². The summed E-state index contributed by atoms with van der Waals surface area (Å²) in [6.07, 6.45) is 7.29. The molecule has 36 heavy (non-hydrogen) atoms. The first-order valence-electron chi connectivity index (χ1n) is 12.3. The molecule has 1 aromatic carbocycles. The topological polar surface area (TPSA) is 129 Å². The Morgan fingerprint density at radius 1 is 1.36 bits per heavy atom. The molecule has 1 amide bonds. The van der Waals surface area contributed by atoms with E-state index in [0.29, 0.717) is 40.0 Å². The van der Waals surface area contributed by atoms with E-state index in [9.17, 15) is 9.90 Å². The number of aromatic amines is 1. The van der Waals surface area contributed by atoms with E-state index in [2.05, 4.69) is 32.3 Å². The Labute approximate surface area is 213 Å². The number of H-pyrrole nitrogens is 1. The third kappa shape index (κ3) is 4.01. The van der Waals surface area contributed by atoms with Crippen molar-refractivity contribution in [3.63, 3.8) is 0 Å². The number of halogens is 1. The van der Waals surface area contributed by atoms with Gasteiger partial charge < -0.3 is 25.9 Å². The molecule has 6 rings (SSSR count). The minimum atomic E-state index is -0.304. The van der Waals surface area contributed by atoms with Crippen LogP contribution in [0.5, 0.6) is 5.75 Å². The molecule has 3 aliphatic rings. The third-order valence-corrected chi connectivity index (χ3v) is 8.03. The van der Waals surface area contributed by atoms with Crippen molar-refractivity contribution < 1.29 is 14.6 Å². The summed E-state index contributed by atoms with van der Waals surface area (Å²) in [6, 6.07) is 5.90. The van der Waals surface area contributed by atoms with Crippen LogP contribution in [0.3, 0.4) is 0 Å². The van der Waals surface area contributed by atoms with Crippen LogP contribution in [-0.2, 0) is 11.3 Å². The van der Waals surface area contributed by atoms with Gasteiger partial charge in [-0.3, -0.25) is 9.69 Å². The smallest absolute Gasteiger partial charge is 0.223 e. The van der Waals surface area contributed by atoms with Gasteiger partial charge in [0.2, 0.25) is 5.91 Å². The fraction of sp³-hybridized carbons (Fsp3) is 0.423. The minimum absolute atomic E-state index is 0.140. The minimum Gasteiger partial charge on any atom is -0.496 e. The van der Waals surface area contributed by atoms with E-state index >= 15 is 0 Å². The molecule has 1 saturated heterocycles. The maximum absolute atomic E-state index is 12.2. The lowest BCUT2D eigenvalue weighted by atomic mass is 9.88. The third-order valence-electron chi connectivity index (χ3n) is 7.74. The SMILES string of the molecule is COc1cc(CN2CC[C@@H](O)C2)ccc1-c1nc2c(N[C@H]3[C@@H](C(N)=O)[C@@H]4C=C[C@H]3C4)c(Cl)cnc2[nH]1. The Morgan fingerprint density at radius 3 is 2.94 bits per heavy atom. The molecule has 3 aromatic rings. The van der Waals surface area contributed by atoms with Crippen molar-refractivity contribution in [3.8, 4) is 17.1 Å². The molecule has 0 unspecified atom stereocenters. The zero-order chi connectivity index (χ0) is 25.0. The lowest BCUT2D eigenvalue weighted by molar-refractivity contribution is -0.122. The van der Waals surface area contributed by atoms with Gasteiger partial charge in [0.05, 0.1) is 41.6 Å². The summed E-state index contributed by atoms with van der Waals surface area (Å²) >= 11 is 6.58. The first-order chi connectivity index (χ1) is 17.4. The van der Waals surface area contributed by atoms with Crippen molar-refractivity contribution in [2.45, 2.75) is 31.5 Å². The number of carbonyl (C=O) groups is 1. The fourth-order valence-electron chi connectivity index (χ4n) is 6.01. The molecule has 0 spiro atoms. The standard InChI is InChI=1S/C26H29ClN6O3/c1-36-19-8-13(11-33-7-6-16(34)12-33)2-5-17(19)25-31-23-22(18(27)10-29-26(23)32-25)30-21-15-4-3-14(9-15)20(21)24(28)35/h2-5,8,10,14-16,20-21,34H,6-7,9,11-12H2,1H3,(H2,28,35)(H2,29,30,31,32)/t14-,15+,16-,20+,21-/m1/s1. The van der Waals surface area contributed by atoms with E-state index in [1.54, 1.807) is 13.3 Å². The number of hydrogen-bond donors (Lipinski definition) is 4. The van der Waals surface area contributed by atoms with Crippen LogP contribution in [0.2, 0.25) is 5.02 Å². The number of rotatable bonds is 7. The number of aliphatic hydroxyl groups excluding tert-OH is 1. The molecule has 1 aliphatic heterocycles. The Hall–Kier alpha value is -3.14. The first-order valence-corrected chi connectivity index (χ1v) is 12.6. The number of nitrogens with one attached hydrogen (secondary N) is 2. The van der Waals surface area contributed by atoms with E-state index in [1.165, 1.54) is 0 Å². The van der Waals surface area contributed by atoms with Gasteiger partial charge >= 0.3 is 0 Å². The van der Waals surface area contributed by atoms with Crippen LogP contribution in [0.15, 0.2) is 36.5 Å². The average Bonchev–Trinajstić information content (AvgIpc) is 3.65. The molecule has 2 aromatic heterocycles. The number of fused-ring (bicyclic) bond motifs is 3. The molecule has 1 saturated carbocycles. The van der Waals surface area contributed by atoms with Gasteiger partial charge in [0.25, 0.3) is 0 Å². The Morgan fingerprint density at radius 2 is 2.19 bits per heavy atom. The summed E-state index contributed by atoms with van der Waals surface area (Å²) < 4.78 is 5.71. The van der Waals surface area contributed by atoms with Gasteiger partial charge in [0.15, 0.2) is 5.65 Å². The molecule has 3 heterocycles. The second-order valence-electron chi connectivity index (χ2n) is 10.0. The number of methoxy groups -OCH3 is 1. The Kier molecular flexibility index (Phi) is 5.86. The first kappa shape index (κ1) is 23.3. The van der Waals surface area contributed by atoms with E-state index in [-0.39, 0.29) is 35.8 Å². The second-order valence-corrected chi connectivity index (χ2v) is 10.4. The van der Waals surface area contributed by atoms with Crippen LogP contribution >= 0.6 is 11.6 Å². The monoisotopic (exact) mass is 508 g/mol. The van der Waals surface area contributed by atoms with Crippen molar-refractivity contribution in [2.24, 2.45) is 23.5 Å². The highest BCUT2D eigenvalue weighted by Gasteiger charge is 2.47. The lowest BCUT2D eigenvalue weighted by Gasteiger charge is -2.27. The van der Waals surface area contributed by atoms with Crippen LogP contribution in [0.4, 0.5) is 5.69 Å². The summed E-state index contributed by atoms with van der Waals surface area (Å²) in [4.78, 5) is 27.0. The summed E-state index contributed by atoms with van der Waals surface area (Å²) in [5.41, 5.74) is 9.49. The predicted molar refractivity (Wildman–Crippen MR) is 138 cm³/mol. The van der Waals surface area contributed by atoms with E-state index in [0.717, 1.165) is 37.1 Å². The number of nitrogens with zero attached hydrogens (tertiary/aromatic N) is 3. The molecule has 5 N–H and O–H groups in total. The van der Waals surface area contributed by atoms with Crippen LogP contribution in [0.1, 0.15) is 18.4 Å². The van der Waals surface area contributed by atoms with Crippen LogP contribution < -0.4 is 15.8 Å². The van der Waals surface area contributed by atoms with Gasteiger partial charge in [0, 0.05) is 25.7 Å². The number of aliphatic hydroxyl groups is 1. The molecule has 2 fully saturated rings. The summed E-state index contributed by atoms with van der Waals surface area (Å²) in [7, 11) is 1.64. The molecular formula is C26H29ClN6O3. The highest BCUT2D eigenvalue weighted by molar-refractivity contribution is 6.34. The zero-order valence-corrected chi connectivity index (χ0v) is 20.7. The molecule has 2 aliphatic carbocycles.